The maximum absolute atomic E-state index is 12.7. The van der Waals surface area contributed by atoms with Gasteiger partial charge in [0.2, 0.25) is 5.91 Å². The summed E-state index contributed by atoms with van der Waals surface area (Å²) in [6.07, 6.45) is 3.75. The zero-order valence-electron chi connectivity index (χ0n) is 10.9. The fourth-order valence-electron chi connectivity index (χ4n) is 2.93. The lowest BCUT2D eigenvalue weighted by Crippen LogP contribution is -2.46. The Morgan fingerprint density at radius 2 is 1.79 bits per heavy atom. The van der Waals surface area contributed by atoms with Gasteiger partial charge in [-0.05, 0) is 43.4 Å². The minimum atomic E-state index is -0.272. The van der Waals surface area contributed by atoms with Crippen molar-refractivity contribution in [3.05, 3.63) is 34.9 Å². The first kappa shape index (κ1) is 12.9. The lowest BCUT2D eigenvalue weighted by molar-refractivity contribution is -0.135. The fraction of sp³-hybridized carbons (Fsp3) is 0.533. The third-order valence-electron chi connectivity index (χ3n) is 4.38. The average Bonchev–Trinajstić information content (AvgIpc) is 3.21. The smallest absolute Gasteiger partial charge is 0.233 e. The molecule has 1 heterocycles. The molecule has 0 radical (unpaired) electrons. The molecule has 2 aliphatic rings. The third kappa shape index (κ3) is 2.37. The molecule has 2 N–H and O–H groups in total. The summed E-state index contributed by atoms with van der Waals surface area (Å²) in [5.41, 5.74) is 6.73. The van der Waals surface area contributed by atoms with Crippen LogP contribution in [-0.4, -0.2) is 29.9 Å². The van der Waals surface area contributed by atoms with E-state index in [-0.39, 0.29) is 17.4 Å². The highest BCUT2D eigenvalue weighted by molar-refractivity contribution is 6.30. The third-order valence-corrected chi connectivity index (χ3v) is 4.63. The molecule has 0 atom stereocenters. The van der Waals surface area contributed by atoms with Crippen LogP contribution in [0.4, 0.5) is 0 Å². The maximum Gasteiger partial charge on any atom is 0.233 e. The first-order valence-electron chi connectivity index (χ1n) is 6.93. The molecule has 3 nitrogen and oxygen atoms in total. The van der Waals surface area contributed by atoms with Crippen molar-refractivity contribution in [2.45, 2.75) is 37.1 Å². The monoisotopic (exact) mass is 278 g/mol. The van der Waals surface area contributed by atoms with Crippen molar-refractivity contribution in [2.75, 3.05) is 13.1 Å². The highest BCUT2D eigenvalue weighted by Crippen LogP contribution is 2.50. The van der Waals surface area contributed by atoms with Crippen LogP contribution in [0, 0.1) is 0 Å². The molecule has 1 aliphatic carbocycles. The number of amides is 1. The summed E-state index contributed by atoms with van der Waals surface area (Å²) in [5.74, 6) is 0.279. The van der Waals surface area contributed by atoms with Crippen LogP contribution in [0.15, 0.2) is 24.3 Å². The molecule has 1 amide bonds. The Morgan fingerprint density at radius 1 is 1.21 bits per heavy atom. The molecule has 0 aromatic heterocycles. The van der Waals surface area contributed by atoms with E-state index in [1.165, 1.54) is 0 Å². The van der Waals surface area contributed by atoms with Gasteiger partial charge in [0.05, 0.1) is 5.41 Å². The zero-order valence-corrected chi connectivity index (χ0v) is 11.7. The fourth-order valence-corrected chi connectivity index (χ4v) is 3.05. The van der Waals surface area contributed by atoms with Crippen molar-refractivity contribution in [1.29, 1.82) is 0 Å². The molecule has 102 valence electrons. The van der Waals surface area contributed by atoms with Gasteiger partial charge >= 0.3 is 0 Å². The van der Waals surface area contributed by atoms with Crippen molar-refractivity contribution < 1.29 is 4.79 Å². The normalized spacial score (nSPS) is 22.3. The molecular formula is C15H19ClN2O. The van der Waals surface area contributed by atoms with Gasteiger partial charge in [0.15, 0.2) is 0 Å². The van der Waals surface area contributed by atoms with Crippen LogP contribution in [0.1, 0.15) is 31.2 Å². The molecule has 3 rings (SSSR count). The molecule has 2 fully saturated rings. The molecule has 1 aliphatic heterocycles. The second-order valence-electron chi connectivity index (χ2n) is 5.72. The first-order valence-corrected chi connectivity index (χ1v) is 7.31. The quantitative estimate of drug-likeness (QED) is 0.902. The summed E-state index contributed by atoms with van der Waals surface area (Å²) in [7, 11) is 0. The zero-order chi connectivity index (χ0) is 13.5. The topological polar surface area (TPSA) is 46.3 Å². The van der Waals surface area contributed by atoms with E-state index < -0.39 is 0 Å². The van der Waals surface area contributed by atoms with Crippen LogP contribution in [0.25, 0.3) is 0 Å². The van der Waals surface area contributed by atoms with Gasteiger partial charge in [-0.3, -0.25) is 4.79 Å². The lowest BCUT2D eigenvalue weighted by Gasteiger charge is -2.33. The van der Waals surface area contributed by atoms with Crippen molar-refractivity contribution in [1.82, 2.24) is 4.90 Å². The van der Waals surface area contributed by atoms with E-state index in [1.807, 2.05) is 29.2 Å². The highest BCUT2D eigenvalue weighted by Gasteiger charge is 2.53. The average molecular weight is 279 g/mol. The van der Waals surface area contributed by atoms with E-state index in [4.69, 9.17) is 17.3 Å². The van der Waals surface area contributed by atoms with E-state index in [1.54, 1.807) is 0 Å². The van der Waals surface area contributed by atoms with Crippen molar-refractivity contribution in [3.8, 4) is 0 Å². The van der Waals surface area contributed by atoms with E-state index in [2.05, 4.69) is 0 Å². The first-order chi connectivity index (χ1) is 9.12. The molecule has 1 aromatic carbocycles. The van der Waals surface area contributed by atoms with Gasteiger partial charge in [-0.15, -0.1) is 0 Å². The predicted octanol–water partition coefficient (Wildman–Crippen LogP) is 2.32. The van der Waals surface area contributed by atoms with E-state index >= 15 is 0 Å². The predicted molar refractivity (Wildman–Crippen MR) is 76.2 cm³/mol. The van der Waals surface area contributed by atoms with Crippen molar-refractivity contribution >= 4 is 17.5 Å². The minimum absolute atomic E-state index is 0.259. The van der Waals surface area contributed by atoms with Crippen LogP contribution in [-0.2, 0) is 10.2 Å². The SMILES string of the molecule is NC1CCN(C(=O)C2(c3ccc(Cl)cc3)CC2)CC1. The second kappa shape index (κ2) is 4.80. The van der Waals surface area contributed by atoms with E-state index in [0.717, 1.165) is 49.4 Å². The molecule has 4 heteroatoms. The Morgan fingerprint density at radius 3 is 2.32 bits per heavy atom. The lowest BCUT2D eigenvalue weighted by atomic mass is 9.93. The van der Waals surface area contributed by atoms with Crippen LogP contribution in [0.3, 0.4) is 0 Å². The van der Waals surface area contributed by atoms with Gasteiger partial charge in [-0.25, -0.2) is 0 Å². The Balaban J connectivity index is 1.77. The standard InChI is InChI=1S/C15H19ClN2O/c16-12-3-1-11(2-4-12)15(7-8-15)14(19)18-9-5-13(17)6-10-18/h1-4,13H,5-10,17H2. The number of hydrogen-bond acceptors (Lipinski definition) is 2. The number of likely N-dealkylation sites (tertiary alicyclic amines) is 1. The van der Waals surface area contributed by atoms with Gasteiger partial charge in [-0.1, -0.05) is 23.7 Å². The molecular weight excluding hydrogens is 260 g/mol. The molecule has 1 saturated carbocycles. The summed E-state index contributed by atoms with van der Waals surface area (Å²) in [6, 6.07) is 7.98. The Kier molecular flexibility index (Phi) is 3.27. The number of carbonyl (C=O) groups excluding carboxylic acids is 1. The Hall–Kier alpha value is -1.06. The van der Waals surface area contributed by atoms with Gasteiger partial charge in [0, 0.05) is 24.2 Å². The number of carbonyl (C=O) groups is 1. The summed E-state index contributed by atoms with van der Waals surface area (Å²) in [5, 5.41) is 0.718. The van der Waals surface area contributed by atoms with E-state index in [9.17, 15) is 4.79 Å². The van der Waals surface area contributed by atoms with Gasteiger partial charge in [0.25, 0.3) is 0 Å². The van der Waals surface area contributed by atoms with Crippen LogP contribution < -0.4 is 5.73 Å². The summed E-state index contributed by atoms with van der Waals surface area (Å²) < 4.78 is 0. The van der Waals surface area contributed by atoms with Crippen LogP contribution in [0.2, 0.25) is 5.02 Å². The number of nitrogens with zero attached hydrogens (tertiary/aromatic N) is 1. The summed E-state index contributed by atoms with van der Waals surface area (Å²) in [4.78, 5) is 14.7. The second-order valence-corrected chi connectivity index (χ2v) is 6.16. The number of halogens is 1. The van der Waals surface area contributed by atoms with Crippen LogP contribution >= 0.6 is 11.6 Å². The number of hydrogen-bond donors (Lipinski definition) is 1. The van der Waals surface area contributed by atoms with Crippen LogP contribution in [0.5, 0.6) is 0 Å². The largest absolute Gasteiger partial charge is 0.342 e. The molecule has 0 unspecified atom stereocenters. The molecule has 0 bridgehead atoms. The molecule has 0 spiro atoms. The van der Waals surface area contributed by atoms with Gasteiger partial charge in [-0.2, -0.15) is 0 Å². The molecule has 1 aromatic rings. The number of rotatable bonds is 2. The molecule has 1 saturated heterocycles. The van der Waals surface area contributed by atoms with Gasteiger partial charge in [0.1, 0.15) is 0 Å². The summed E-state index contributed by atoms with van der Waals surface area (Å²) >= 11 is 5.92. The number of benzene rings is 1. The van der Waals surface area contributed by atoms with Gasteiger partial charge < -0.3 is 10.6 Å². The van der Waals surface area contributed by atoms with E-state index in [0.29, 0.717) is 0 Å². The number of piperidine rings is 1. The highest BCUT2D eigenvalue weighted by atomic mass is 35.5. The Labute approximate surface area is 118 Å². The Bertz CT molecular complexity index is 473. The van der Waals surface area contributed by atoms with Crippen molar-refractivity contribution in [2.24, 2.45) is 5.73 Å². The summed E-state index contributed by atoms with van der Waals surface area (Å²) in [6.45, 7) is 1.60. The maximum atomic E-state index is 12.7. The number of nitrogens with two attached hydrogens (primary N) is 1. The minimum Gasteiger partial charge on any atom is -0.342 e. The van der Waals surface area contributed by atoms with Crippen molar-refractivity contribution in [3.63, 3.8) is 0 Å². The molecule has 19 heavy (non-hydrogen) atoms.